The maximum atomic E-state index is 13.1. The van der Waals surface area contributed by atoms with Gasteiger partial charge in [-0.2, -0.15) is 0 Å². The summed E-state index contributed by atoms with van der Waals surface area (Å²) < 4.78 is 0. The first-order chi connectivity index (χ1) is 14.7. The number of nitrogens with two attached hydrogens (primary N) is 1. The van der Waals surface area contributed by atoms with Gasteiger partial charge in [0.2, 0.25) is 5.91 Å². The molecule has 1 atom stereocenters. The molecule has 0 bridgehead atoms. The Morgan fingerprint density at radius 3 is 2.23 bits per heavy atom. The predicted octanol–water partition coefficient (Wildman–Crippen LogP) is 4.84. The van der Waals surface area contributed by atoms with Crippen LogP contribution in [-0.4, -0.2) is 30.4 Å². The minimum absolute atomic E-state index is 0.175. The molecule has 3 nitrogen and oxygen atoms in total. The van der Waals surface area contributed by atoms with Crippen LogP contribution in [0.15, 0.2) is 84.5 Å². The van der Waals surface area contributed by atoms with Crippen molar-refractivity contribution in [1.82, 2.24) is 4.90 Å². The van der Waals surface area contributed by atoms with Crippen molar-refractivity contribution in [3.63, 3.8) is 0 Å². The van der Waals surface area contributed by atoms with E-state index in [1.807, 2.05) is 36.4 Å². The lowest BCUT2D eigenvalue weighted by atomic mass is 9.64. The summed E-state index contributed by atoms with van der Waals surface area (Å²) in [5.74, 6) is -0.0714. The molecular formula is C27H32N2O. The largest absolute Gasteiger partial charge is 0.369 e. The molecule has 1 aliphatic carbocycles. The van der Waals surface area contributed by atoms with Crippen LogP contribution in [0, 0.1) is 5.92 Å². The highest BCUT2D eigenvalue weighted by molar-refractivity contribution is 5.91. The zero-order chi connectivity index (χ0) is 20.8. The molecule has 156 valence electrons. The summed E-state index contributed by atoms with van der Waals surface area (Å²) in [6.45, 7) is 3.00. The van der Waals surface area contributed by atoms with Gasteiger partial charge in [0.25, 0.3) is 0 Å². The summed E-state index contributed by atoms with van der Waals surface area (Å²) in [4.78, 5) is 15.6. The van der Waals surface area contributed by atoms with Crippen molar-refractivity contribution >= 4 is 5.91 Å². The molecule has 1 saturated heterocycles. The Morgan fingerprint density at radius 2 is 1.67 bits per heavy atom. The molecular weight excluding hydrogens is 368 g/mol. The van der Waals surface area contributed by atoms with Crippen molar-refractivity contribution in [2.45, 2.75) is 37.5 Å². The molecule has 0 radical (unpaired) electrons. The SMILES string of the molecule is NC(=O)C(c1ccccc1)(c1ccccc1)C1CCN(CCCC2=CCCC=C2)C1. The fraction of sp³-hybridized carbons (Fsp3) is 0.370. The first kappa shape index (κ1) is 20.6. The molecule has 30 heavy (non-hydrogen) atoms. The smallest absolute Gasteiger partial charge is 0.232 e. The number of nitrogens with zero attached hydrogens (tertiary/aromatic N) is 1. The lowest BCUT2D eigenvalue weighted by Gasteiger charge is -2.37. The normalized spacial score (nSPS) is 19.6. The molecule has 2 aromatic carbocycles. The van der Waals surface area contributed by atoms with Gasteiger partial charge in [-0.3, -0.25) is 4.79 Å². The van der Waals surface area contributed by atoms with Crippen LogP contribution in [0.4, 0.5) is 0 Å². The van der Waals surface area contributed by atoms with Crippen LogP contribution in [0.25, 0.3) is 0 Å². The third-order valence-corrected chi connectivity index (χ3v) is 6.74. The van der Waals surface area contributed by atoms with Gasteiger partial charge in [0, 0.05) is 6.54 Å². The number of allylic oxidation sites excluding steroid dienone is 4. The molecule has 0 aromatic heterocycles. The Bertz CT molecular complexity index is 861. The summed E-state index contributed by atoms with van der Waals surface area (Å²) in [6.07, 6.45) is 12.5. The van der Waals surface area contributed by atoms with E-state index in [0.29, 0.717) is 0 Å². The van der Waals surface area contributed by atoms with Crippen molar-refractivity contribution in [3.8, 4) is 0 Å². The first-order valence-corrected chi connectivity index (χ1v) is 11.2. The number of hydrogen-bond donors (Lipinski definition) is 1. The van der Waals surface area contributed by atoms with Gasteiger partial charge in [0.1, 0.15) is 5.41 Å². The van der Waals surface area contributed by atoms with Gasteiger partial charge in [0.15, 0.2) is 0 Å². The molecule has 1 fully saturated rings. The zero-order valence-corrected chi connectivity index (χ0v) is 17.7. The van der Waals surface area contributed by atoms with Crippen LogP contribution in [0.3, 0.4) is 0 Å². The van der Waals surface area contributed by atoms with Crippen LogP contribution < -0.4 is 5.73 Å². The molecule has 3 heteroatoms. The molecule has 2 N–H and O–H groups in total. The Balaban J connectivity index is 1.54. The highest BCUT2D eigenvalue weighted by Crippen LogP contribution is 2.43. The van der Waals surface area contributed by atoms with Gasteiger partial charge < -0.3 is 10.6 Å². The topological polar surface area (TPSA) is 46.3 Å². The molecule has 1 amide bonds. The predicted molar refractivity (Wildman–Crippen MR) is 123 cm³/mol. The lowest BCUT2D eigenvalue weighted by Crippen LogP contribution is -2.49. The maximum absolute atomic E-state index is 13.1. The van der Waals surface area contributed by atoms with Crippen molar-refractivity contribution in [2.75, 3.05) is 19.6 Å². The van der Waals surface area contributed by atoms with E-state index in [9.17, 15) is 4.79 Å². The monoisotopic (exact) mass is 400 g/mol. The summed E-state index contributed by atoms with van der Waals surface area (Å²) >= 11 is 0. The number of amides is 1. The Morgan fingerprint density at radius 1 is 1.00 bits per heavy atom. The standard InChI is InChI=1S/C27H32N2O/c28-26(30)27(23-14-6-2-7-15-23,24-16-8-3-9-17-24)25-18-20-29(21-25)19-10-13-22-11-4-1-5-12-22/h2-4,6-9,11-12,14-17,25H,1,5,10,13,18-21H2,(H2,28,30). The van der Waals surface area contributed by atoms with Crippen LogP contribution in [-0.2, 0) is 10.2 Å². The molecule has 4 rings (SSSR count). The summed E-state index contributed by atoms with van der Waals surface area (Å²) in [6, 6.07) is 20.3. The number of benzene rings is 2. The second kappa shape index (κ2) is 9.44. The van der Waals surface area contributed by atoms with E-state index in [2.05, 4.69) is 47.4 Å². The van der Waals surface area contributed by atoms with Gasteiger partial charge in [-0.15, -0.1) is 0 Å². The molecule has 2 aromatic rings. The average molecular weight is 401 g/mol. The minimum Gasteiger partial charge on any atom is -0.369 e. The third-order valence-electron chi connectivity index (χ3n) is 6.74. The molecule has 0 spiro atoms. The number of rotatable bonds is 8. The fourth-order valence-electron chi connectivity index (χ4n) is 5.27. The van der Waals surface area contributed by atoms with Crippen LogP contribution in [0.5, 0.6) is 0 Å². The quantitative estimate of drug-likeness (QED) is 0.689. The molecule has 2 aliphatic rings. The number of primary amides is 1. The van der Waals surface area contributed by atoms with Gasteiger partial charge in [-0.1, -0.05) is 84.5 Å². The summed E-state index contributed by atoms with van der Waals surface area (Å²) in [5.41, 5.74) is 8.88. The van der Waals surface area contributed by atoms with Crippen LogP contribution >= 0.6 is 0 Å². The second-order valence-corrected chi connectivity index (χ2v) is 8.55. The van der Waals surface area contributed by atoms with Crippen molar-refractivity contribution in [3.05, 3.63) is 95.6 Å². The molecule has 1 aliphatic heterocycles. The van der Waals surface area contributed by atoms with E-state index in [4.69, 9.17) is 5.73 Å². The number of carbonyl (C=O) groups excluding carboxylic acids is 1. The van der Waals surface area contributed by atoms with Gasteiger partial charge >= 0.3 is 0 Å². The summed E-state index contributed by atoms with van der Waals surface area (Å²) in [5, 5.41) is 0. The maximum Gasteiger partial charge on any atom is 0.232 e. The Kier molecular flexibility index (Phi) is 6.49. The second-order valence-electron chi connectivity index (χ2n) is 8.55. The number of hydrogen-bond acceptors (Lipinski definition) is 2. The van der Waals surface area contributed by atoms with Crippen molar-refractivity contribution < 1.29 is 4.79 Å². The Hall–Kier alpha value is -2.65. The van der Waals surface area contributed by atoms with Crippen molar-refractivity contribution in [1.29, 1.82) is 0 Å². The van der Waals surface area contributed by atoms with E-state index in [0.717, 1.165) is 50.0 Å². The zero-order valence-electron chi connectivity index (χ0n) is 17.7. The summed E-state index contributed by atoms with van der Waals surface area (Å²) in [7, 11) is 0. The van der Waals surface area contributed by atoms with Gasteiger partial charge in [-0.25, -0.2) is 0 Å². The molecule has 1 heterocycles. The highest BCUT2D eigenvalue weighted by atomic mass is 16.1. The fourth-order valence-corrected chi connectivity index (χ4v) is 5.27. The van der Waals surface area contributed by atoms with Crippen LogP contribution in [0.2, 0.25) is 0 Å². The van der Waals surface area contributed by atoms with Gasteiger partial charge in [0.05, 0.1) is 0 Å². The van der Waals surface area contributed by atoms with E-state index >= 15 is 0 Å². The Labute approximate surface area is 180 Å². The minimum atomic E-state index is -0.786. The molecule has 0 saturated carbocycles. The van der Waals surface area contributed by atoms with Crippen molar-refractivity contribution in [2.24, 2.45) is 11.7 Å². The third kappa shape index (κ3) is 4.13. The van der Waals surface area contributed by atoms with E-state index in [-0.39, 0.29) is 11.8 Å². The molecule has 1 unspecified atom stereocenters. The van der Waals surface area contributed by atoms with Crippen LogP contribution in [0.1, 0.15) is 43.2 Å². The number of carbonyl (C=O) groups is 1. The highest BCUT2D eigenvalue weighted by Gasteiger charge is 2.49. The van der Waals surface area contributed by atoms with E-state index in [1.165, 1.54) is 18.4 Å². The first-order valence-electron chi connectivity index (χ1n) is 11.2. The number of likely N-dealkylation sites (tertiary alicyclic amines) is 1. The average Bonchev–Trinajstić information content (AvgIpc) is 3.25. The van der Waals surface area contributed by atoms with Gasteiger partial charge in [-0.05, 0) is 62.2 Å². The van der Waals surface area contributed by atoms with E-state index in [1.54, 1.807) is 0 Å². The van der Waals surface area contributed by atoms with E-state index < -0.39 is 5.41 Å². The lowest BCUT2D eigenvalue weighted by molar-refractivity contribution is -0.123.